The first-order valence-electron chi connectivity index (χ1n) is 11.3. The van der Waals surface area contributed by atoms with E-state index in [1.165, 1.54) is 28.6 Å². The maximum Gasteiger partial charge on any atom is 0.339 e. The Hall–Kier alpha value is -3.75. The zero-order valence-corrected chi connectivity index (χ0v) is 20.3. The second-order valence-corrected chi connectivity index (χ2v) is 9.86. The van der Waals surface area contributed by atoms with Gasteiger partial charge in [-0.25, -0.2) is 13.2 Å². The van der Waals surface area contributed by atoms with Gasteiger partial charge in [0.2, 0.25) is 15.8 Å². The van der Waals surface area contributed by atoms with E-state index in [4.69, 9.17) is 4.74 Å². The molecule has 1 atom stereocenters. The largest absolute Gasteiger partial charge is 0.445 e. The Bertz CT molecular complexity index is 1440. The van der Waals surface area contributed by atoms with Crippen LogP contribution < -0.4 is 0 Å². The third-order valence-corrected chi connectivity index (χ3v) is 7.92. The molecule has 35 heavy (non-hydrogen) atoms. The number of Topliss-reactive ketones (excluding diaryl/α,β-unsaturated/α-hetero) is 1. The fourth-order valence-electron chi connectivity index (χ4n) is 3.97. The van der Waals surface area contributed by atoms with Crippen molar-refractivity contribution in [1.29, 1.82) is 0 Å². The molecule has 0 bridgehead atoms. The van der Waals surface area contributed by atoms with Gasteiger partial charge in [0.25, 0.3) is 0 Å². The molecule has 0 aliphatic carbocycles. The van der Waals surface area contributed by atoms with Crippen molar-refractivity contribution >= 4 is 32.7 Å². The second kappa shape index (κ2) is 10.2. The van der Waals surface area contributed by atoms with E-state index in [0.717, 1.165) is 10.9 Å². The molecule has 4 rings (SSSR count). The zero-order valence-electron chi connectivity index (χ0n) is 19.5. The number of aromatic nitrogens is 1. The molecule has 0 unspecified atom stereocenters. The third kappa shape index (κ3) is 4.89. The van der Waals surface area contributed by atoms with Crippen molar-refractivity contribution in [3.8, 4) is 0 Å². The summed E-state index contributed by atoms with van der Waals surface area (Å²) in [5, 5.41) is 0.737. The summed E-state index contributed by atoms with van der Waals surface area (Å²) in [6, 6.07) is 21.8. The van der Waals surface area contributed by atoms with E-state index in [1.807, 2.05) is 30.3 Å². The van der Waals surface area contributed by atoms with Gasteiger partial charge in [0.1, 0.15) is 0 Å². The van der Waals surface area contributed by atoms with E-state index < -0.39 is 22.1 Å². The molecule has 3 aromatic carbocycles. The van der Waals surface area contributed by atoms with Crippen molar-refractivity contribution in [1.82, 2.24) is 9.29 Å². The van der Waals surface area contributed by atoms with Crippen LogP contribution in [0.5, 0.6) is 0 Å². The predicted octanol–water partition coefficient (Wildman–Crippen LogP) is 4.98. The van der Waals surface area contributed by atoms with Crippen molar-refractivity contribution in [2.24, 2.45) is 0 Å². The molecule has 0 spiro atoms. The lowest BCUT2D eigenvalue weighted by Crippen LogP contribution is -2.30. The molecule has 0 fully saturated rings. The minimum absolute atomic E-state index is 0.0900. The van der Waals surface area contributed by atoms with E-state index in [9.17, 15) is 18.0 Å². The Morgan fingerprint density at radius 3 is 2.17 bits per heavy atom. The molecule has 0 aliphatic rings. The molecule has 7 nitrogen and oxygen atoms in total. The van der Waals surface area contributed by atoms with E-state index >= 15 is 0 Å². The van der Waals surface area contributed by atoms with Gasteiger partial charge in [-0.05, 0) is 30.3 Å². The number of ether oxygens (including phenoxy) is 1. The van der Waals surface area contributed by atoms with Crippen LogP contribution >= 0.6 is 0 Å². The number of benzene rings is 3. The summed E-state index contributed by atoms with van der Waals surface area (Å²) >= 11 is 0. The number of carbonyl (C=O) groups is 2. The first-order chi connectivity index (χ1) is 16.9. The number of ketones is 1. The molecule has 8 heteroatoms. The zero-order chi connectivity index (χ0) is 25.0. The van der Waals surface area contributed by atoms with Crippen LogP contribution in [0.4, 0.5) is 0 Å². The monoisotopic (exact) mass is 490 g/mol. The molecule has 0 aliphatic heterocycles. The van der Waals surface area contributed by atoms with Gasteiger partial charge in [0.05, 0.1) is 10.5 Å². The fraction of sp³-hybridized carbons (Fsp3) is 0.185. The van der Waals surface area contributed by atoms with Gasteiger partial charge in [-0.15, -0.1) is 0 Å². The lowest BCUT2D eigenvalue weighted by Gasteiger charge is -2.19. The summed E-state index contributed by atoms with van der Waals surface area (Å²) in [4.78, 5) is 29.7. The predicted molar refractivity (Wildman–Crippen MR) is 134 cm³/mol. The number of nitrogens with zero attached hydrogens (tertiary/aromatic N) is 1. The Kier molecular flexibility index (Phi) is 7.14. The van der Waals surface area contributed by atoms with E-state index in [-0.39, 0.29) is 16.2 Å². The minimum atomic E-state index is -3.65. The van der Waals surface area contributed by atoms with Crippen LogP contribution in [0.25, 0.3) is 10.9 Å². The number of hydrogen-bond donors (Lipinski definition) is 1. The van der Waals surface area contributed by atoms with E-state index in [0.29, 0.717) is 24.2 Å². The Morgan fingerprint density at radius 2 is 1.51 bits per heavy atom. The van der Waals surface area contributed by atoms with Crippen LogP contribution in [0.3, 0.4) is 0 Å². The highest BCUT2D eigenvalue weighted by Gasteiger charge is 2.29. The highest BCUT2D eigenvalue weighted by molar-refractivity contribution is 7.89. The summed E-state index contributed by atoms with van der Waals surface area (Å²) < 4.78 is 32.5. The standard InChI is InChI=1S/C27H26N2O5S/c1-3-29(4-2)35(32,33)21-16-14-20(15-17-21)27(31)34-26(19-10-6-5-7-11-19)25(30)23-18-28-24-13-9-8-12-22(23)24/h5-18,26,28H,3-4H2,1-2H3/t26-/m1/s1. The number of para-hydroxylation sites is 1. The number of rotatable bonds is 9. The molecular weight excluding hydrogens is 464 g/mol. The van der Waals surface area contributed by atoms with Gasteiger partial charge in [-0.2, -0.15) is 4.31 Å². The molecule has 1 N–H and O–H groups in total. The Morgan fingerprint density at radius 1 is 0.886 bits per heavy atom. The number of sulfonamides is 1. The molecule has 0 radical (unpaired) electrons. The highest BCUT2D eigenvalue weighted by Crippen LogP contribution is 2.28. The van der Waals surface area contributed by atoms with Crippen molar-refractivity contribution in [2.45, 2.75) is 24.8 Å². The fourth-order valence-corrected chi connectivity index (χ4v) is 5.43. The molecule has 180 valence electrons. The molecule has 0 amide bonds. The SMILES string of the molecule is CCN(CC)S(=O)(=O)c1ccc(C(=O)O[C@@H](C(=O)c2c[nH]c3ccccc23)c2ccccc2)cc1. The minimum Gasteiger partial charge on any atom is -0.445 e. The molecular formula is C27H26N2O5S. The number of esters is 1. The number of nitrogens with one attached hydrogen (secondary N) is 1. The summed E-state index contributed by atoms with van der Waals surface area (Å²) in [5.41, 5.74) is 1.91. The quantitative estimate of drug-likeness (QED) is 0.264. The van der Waals surface area contributed by atoms with Crippen LogP contribution in [0, 0.1) is 0 Å². The van der Waals surface area contributed by atoms with Gasteiger partial charge in [-0.1, -0.05) is 62.4 Å². The number of carbonyl (C=O) groups excluding carboxylic acids is 2. The summed E-state index contributed by atoms with van der Waals surface area (Å²) in [7, 11) is -3.65. The van der Waals surface area contributed by atoms with Crippen molar-refractivity contribution in [2.75, 3.05) is 13.1 Å². The van der Waals surface area contributed by atoms with Crippen LogP contribution in [0.15, 0.2) is 90.0 Å². The number of aromatic amines is 1. The lowest BCUT2D eigenvalue weighted by atomic mass is 9.99. The molecule has 4 aromatic rings. The van der Waals surface area contributed by atoms with E-state index in [1.54, 1.807) is 44.3 Å². The smallest absolute Gasteiger partial charge is 0.339 e. The van der Waals surface area contributed by atoms with Gasteiger partial charge < -0.3 is 9.72 Å². The third-order valence-electron chi connectivity index (χ3n) is 5.85. The molecule has 1 aromatic heterocycles. The van der Waals surface area contributed by atoms with Crippen molar-refractivity contribution in [3.63, 3.8) is 0 Å². The first-order valence-corrected chi connectivity index (χ1v) is 12.8. The topological polar surface area (TPSA) is 96.5 Å². The van der Waals surface area contributed by atoms with Gasteiger partial charge >= 0.3 is 5.97 Å². The van der Waals surface area contributed by atoms with Gasteiger partial charge in [0.15, 0.2) is 6.10 Å². The second-order valence-electron chi connectivity index (χ2n) is 7.92. The molecule has 0 saturated heterocycles. The van der Waals surface area contributed by atoms with Gasteiger partial charge in [0, 0.05) is 41.3 Å². The lowest BCUT2D eigenvalue weighted by molar-refractivity contribution is 0.0280. The average molecular weight is 491 g/mol. The van der Waals surface area contributed by atoms with Gasteiger partial charge in [-0.3, -0.25) is 4.79 Å². The summed E-state index contributed by atoms with van der Waals surface area (Å²) in [6.07, 6.45) is 0.450. The van der Waals surface area contributed by atoms with Crippen LogP contribution in [0.1, 0.15) is 46.2 Å². The maximum absolute atomic E-state index is 13.5. The van der Waals surface area contributed by atoms with Crippen LogP contribution in [-0.4, -0.2) is 42.5 Å². The summed E-state index contributed by atoms with van der Waals surface area (Å²) in [6.45, 7) is 4.22. The van der Waals surface area contributed by atoms with E-state index in [2.05, 4.69) is 4.98 Å². The summed E-state index contributed by atoms with van der Waals surface area (Å²) in [5.74, 6) is -1.08. The highest BCUT2D eigenvalue weighted by atomic mass is 32.2. The Balaban J connectivity index is 1.63. The molecule has 0 saturated carbocycles. The Labute approximate surface area is 204 Å². The normalized spacial score (nSPS) is 12.5. The van der Waals surface area contributed by atoms with Crippen molar-refractivity contribution < 1.29 is 22.7 Å². The van der Waals surface area contributed by atoms with Crippen molar-refractivity contribution in [3.05, 3.63) is 102 Å². The van der Waals surface area contributed by atoms with Crippen LogP contribution in [0.2, 0.25) is 0 Å². The molecule has 1 heterocycles. The van der Waals surface area contributed by atoms with Crippen LogP contribution in [-0.2, 0) is 14.8 Å². The first kappa shape index (κ1) is 24.4. The number of H-pyrrole nitrogens is 1. The number of hydrogen-bond acceptors (Lipinski definition) is 5. The average Bonchev–Trinajstić information content (AvgIpc) is 3.32. The number of fused-ring (bicyclic) bond motifs is 1. The maximum atomic E-state index is 13.5.